The van der Waals surface area contributed by atoms with E-state index in [1.165, 1.54) is 12.1 Å². The molecule has 0 saturated carbocycles. The molecule has 0 atom stereocenters. The molecule has 0 fully saturated rings. The van der Waals surface area contributed by atoms with Gasteiger partial charge in [0, 0.05) is 19.2 Å². The van der Waals surface area contributed by atoms with Gasteiger partial charge in [0.05, 0.1) is 5.69 Å². The van der Waals surface area contributed by atoms with Crippen molar-refractivity contribution < 1.29 is 8.78 Å². The van der Waals surface area contributed by atoms with Crippen LogP contribution in [0.15, 0.2) is 12.1 Å². The van der Waals surface area contributed by atoms with Crippen molar-refractivity contribution in [3.63, 3.8) is 0 Å². The van der Waals surface area contributed by atoms with Crippen molar-refractivity contribution >= 4 is 34.7 Å². The first-order valence-corrected chi connectivity index (χ1v) is 7.27. The highest BCUT2D eigenvalue weighted by molar-refractivity contribution is 7.98. The summed E-state index contributed by atoms with van der Waals surface area (Å²) >= 11 is 6.38. The van der Waals surface area contributed by atoms with E-state index in [-0.39, 0.29) is 16.2 Å². The van der Waals surface area contributed by atoms with Gasteiger partial charge < -0.3 is 10.6 Å². The Kier molecular flexibility index (Phi) is 5.81. The Bertz CT molecular complexity index is 438. The largest absolute Gasteiger partial charge is 0.389 e. The van der Waals surface area contributed by atoms with E-state index in [9.17, 15) is 8.78 Å². The number of hydrogen-bond acceptors (Lipinski definition) is 3. The molecule has 0 saturated heterocycles. The van der Waals surface area contributed by atoms with Crippen molar-refractivity contribution in [1.82, 2.24) is 0 Å². The number of thioether (sulfide) groups is 1. The van der Waals surface area contributed by atoms with E-state index in [1.54, 1.807) is 23.7 Å². The van der Waals surface area contributed by atoms with Crippen LogP contribution in [0, 0.1) is 11.6 Å². The molecule has 1 aromatic carbocycles. The molecule has 100 valence electrons. The topological polar surface area (TPSA) is 29.3 Å². The summed E-state index contributed by atoms with van der Waals surface area (Å²) in [6.07, 6.45) is 2.92. The molecule has 0 aliphatic rings. The van der Waals surface area contributed by atoms with Gasteiger partial charge in [-0.2, -0.15) is 11.8 Å². The predicted molar refractivity (Wildman–Crippen MR) is 78.5 cm³/mol. The fourth-order valence-corrected chi connectivity index (χ4v) is 2.17. The third-order valence-corrected chi connectivity index (χ3v) is 3.50. The van der Waals surface area contributed by atoms with Gasteiger partial charge in [0.25, 0.3) is 0 Å². The number of nitrogens with two attached hydrogens (primary N) is 1. The van der Waals surface area contributed by atoms with Gasteiger partial charge in [0.2, 0.25) is 0 Å². The van der Waals surface area contributed by atoms with E-state index in [4.69, 9.17) is 5.73 Å². The maximum Gasteiger partial charge on any atom is 0.182 e. The molecule has 2 N–H and O–H groups in total. The number of thiocarbonyl (C=S) groups is 1. The smallest absolute Gasteiger partial charge is 0.182 e. The number of anilines is 1. The summed E-state index contributed by atoms with van der Waals surface area (Å²) < 4.78 is 27.5. The fourth-order valence-electron chi connectivity index (χ4n) is 1.59. The Morgan fingerprint density at radius 2 is 2.06 bits per heavy atom. The Balaban J connectivity index is 2.90. The lowest BCUT2D eigenvalue weighted by atomic mass is 10.1. The highest BCUT2D eigenvalue weighted by Gasteiger charge is 2.17. The number of halogens is 2. The molecule has 1 aromatic rings. The molecule has 2 nitrogen and oxygen atoms in total. The van der Waals surface area contributed by atoms with Gasteiger partial charge in [-0.05, 0) is 30.6 Å². The monoisotopic (exact) mass is 290 g/mol. The van der Waals surface area contributed by atoms with Gasteiger partial charge >= 0.3 is 0 Å². The molecule has 0 amide bonds. The minimum Gasteiger partial charge on any atom is -0.389 e. The molecule has 0 radical (unpaired) electrons. The Morgan fingerprint density at radius 3 is 2.61 bits per heavy atom. The van der Waals surface area contributed by atoms with E-state index in [0.717, 1.165) is 12.2 Å². The Morgan fingerprint density at radius 1 is 1.39 bits per heavy atom. The van der Waals surface area contributed by atoms with Crippen LogP contribution in [0.25, 0.3) is 0 Å². The van der Waals surface area contributed by atoms with Crippen LogP contribution < -0.4 is 10.6 Å². The summed E-state index contributed by atoms with van der Waals surface area (Å²) in [7, 11) is 1.73. The summed E-state index contributed by atoms with van der Waals surface area (Å²) in [5, 5.41) is 0. The van der Waals surface area contributed by atoms with Gasteiger partial charge in [0.1, 0.15) is 4.99 Å². The molecule has 0 aliphatic carbocycles. The van der Waals surface area contributed by atoms with Crippen LogP contribution in [-0.4, -0.2) is 30.6 Å². The average Bonchev–Trinajstić information content (AvgIpc) is 2.32. The lowest BCUT2D eigenvalue weighted by molar-refractivity contribution is 0.506. The summed E-state index contributed by atoms with van der Waals surface area (Å²) in [6.45, 7) is 0.670. The second kappa shape index (κ2) is 6.89. The number of rotatable bonds is 6. The first-order chi connectivity index (χ1) is 8.49. The number of nitrogens with zero attached hydrogens (tertiary/aromatic N) is 1. The first-order valence-electron chi connectivity index (χ1n) is 5.47. The minimum absolute atomic E-state index is 0.0521. The second-order valence-electron chi connectivity index (χ2n) is 3.89. The molecule has 0 unspecified atom stereocenters. The van der Waals surface area contributed by atoms with Crippen LogP contribution >= 0.6 is 24.0 Å². The molecule has 0 aliphatic heterocycles. The molecule has 0 heterocycles. The normalized spacial score (nSPS) is 10.4. The van der Waals surface area contributed by atoms with Crippen molar-refractivity contribution in [3.8, 4) is 0 Å². The standard InChI is InChI=1S/C12H16F2N2S2/c1-16(6-3-7-18-2)9-5-4-8(12(15)17)10(13)11(9)14/h4-5H,3,6-7H2,1-2H3,(H2,15,17). The van der Waals surface area contributed by atoms with Crippen molar-refractivity contribution in [3.05, 3.63) is 29.3 Å². The highest BCUT2D eigenvalue weighted by atomic mass is 32.2. The number of benzene rings is 1. The summed E-state index contributed by atoms with van der Waals surface area (Å²) in [5.74, 6) is -0.886. The third-order valence-electron chi connectivity index (χ3n) is 2.58. The molecular formula is C12H16F2N2S2. The molecule has 0 spiro atoms. The maximum atomic E-state index is 13.8. The molecule has 6 heteroatoms. The zero-order chi connectivity index (χ0) is 13.7. The van der Waals surface area contributed by atoms with Crippen LogP contribution in [0.3, 0.4) is 0 Å². The average molecular weight is 290 g/mol. The first kappa shape index (κ1) is 15.2. The van der Waals surface area contributed by atoms with Gasteiger partial charge in [-0.3, -0.25) is 0 Å². The summed E-state index contributed by atoms with van der Waals surface area (Å²) in [5.41, 5.74) is 5.49. The zero-order valence-corrected chi connectivity index (χ0v) is 12.0. The van der Waals surface area contributed by atoms with E-state index in [2.05, 4.69) is 12.2 Å². The zero-order valence-electron chi connectivity index (χ0n) is 10.4. The van der Waals surface area contributed by atoms with Crippen LogP contribution in [0.5, 0.6) is 0 Å². The van der Waals surface area contributed by atoms with Crippen molar-refractivity contribution in [2.45, 2.75) is 6.42 Å². The SMILES string of the molecule is CSCCCN(C)c1ccc(C(N)=S)c(F)c1F. The predicted octanol–water partition coefficient (Wildman–Crippen LogP) is 2.79. The van der Waals surface area contributed by atoms with Crippen molar-refractivity contribution in [2.24, 2.45) is 5.73 Å². The molecule has 0 bridgehead atoms. The van der Waals surface area contributed by atoms with Gasteiger partial charge in [-0.25, -0.2) is 8.78 Å². The van der Waals surface area contributed by atoms with Gasteiger partial charge in [-0.15, -0.1) is 0 Å². The van der Waals surface area contributed by atoms with Crippen LogP contribution in [-0.2, 0) is 0 Å². The van der Waals surface area contributed by atoms with Crippen LogP contribution in [0.4, 0.5) is 14.5 Å². The lowest BCUT2D eigenvalue weighted by Crippen LogP contribution is -2.22. The summed E-state index contributed by atoms with van der Waals surface area (Å²) in [6, 6.07) is 2.92. The van der Waals surface area contributed by atoms with E-state index in [0.29, 0.717) is 6.54 Å². The Labute approximate surface area is 116 Å². The molecule has 0 aromatic heterocycles. The Hall–Kier alpha value is -0.880. The van der Waals surface area contributed by atoms with Crippen LogP contribution in [0.1, 0.15) is 12.0 Å². The lowest BCUT2D eigenvalue weighted by Gasteiger charge is -2.20. The molecular weight excluding hydrogens is 274 g/mol. The van der Waals surface area contributed by atoms with E-state index >= 15 is 0 Å². The van der Waals surface area contributed by atoms with Gasteiger partial charge in [-0.1, -0.05) is 12.2 Å². The van der Waals surface area contributed by atoms with Gasteiger partial charge in [0.15, 0.2) is 11.6 Å². The molecule has 1 rings (SSSR count). The van der Waals surface area contributed by atoms with E-state index < -0.39 is 11.6 Å². The second-order valence-corrected chi connectivity index (χ2v) is 5.32. The van der Waals surface area contributed by atoms with Crippen molar-refractivity contribution in [2.75, 3.05) is 30.5 Å². The van der Waals surface area contributed by atoms with Crippen LogP contribution in [0.2, 0.25) is 0 Å². The highest BCUT2D eigenvalue weighted by Crippen LogP contribution is 2.23. The fraction of sp³-hybridized carbons (Fsp3) is 0.417. The molecule has 18 heavy (non-hydrogen) atoms. The minimum atomic E-state index is -0.975. The van der Waals surface area contributed by atoms with Crippen molar-refractivity contribution in [1.29, 1.82) is 0 Å². The van der Waals surface area contributed by atoms with E-state index in [1.807, 2.05) is 6.26 Å². The summed E-state index contributed by atoms with van der Waals surface area (Å²) in [4.78, 5) is 1.56. The quantitative estimate of drug-likeness (QED) is 0.644. The third kappa shape index (κ3) is 3.55. The number of hydrogen-bond donors (Lipinski definition) is 1. The maximum absolute atomic E-state index is 13.8.